The highest BCUT2D eigenvalue weighted by Crippen LogP contribution is 2.19. The van der Waals surface area contributed by atoms with Gasteiger partial charge in [-0.3, -0.25) is 9.59 Å². The van der Waals surface area contributed by atoms with Gasteiger partial charge in [0.15, 0.2) is 0 Å². The summed E-state index contributed by atoms with van der Waals surface area (Å²) in [6.07, 6.45) is 0.310. The highest BCUT2D eigenvalue weighted by Gasteiger charge is 2.35. The molecule has 86 valence electrons. The Balaban J connectivity index is 2.47. The van der Waals surface area contributed by atoms with Gasteiger partial charge >= 0.3 is 11.9 Å². The summed E-state index contributed by atoms with van der Waals surface area (Å²) in [6, 6.07) is -0.623. The van der Waals surface area contributed by atoms with Crippen LogP contribution in [0.15, 0.2) is 0 Å². The molecule has 1 heterocycles. The van der Waals surface area contributed by atoms with E-state index >= 15 is 0 Å². The first-order valence-electron chi connectivity index (χ1n) is 4.98. The molecular formula is C10H17NO4. The Hall–Kier alpha value is -1.10. The number of carboxylic acids is 1. The first kappa shape index (κ1) is 12.0. The molecule has 0 saturated carbocycles. The second-order valence-electron chi connectivity index (χ2n) is 4.77. The van der Waals surface area contributed by atoms with Crippen LogP contribution in [0.3, 0.4) is 0 Å². The maximum atomic E-state index is 11.6. The molecule has 0 amide bonds. The third-order valence-corrected chi connectivity index (χ3v) is 2.17. The largest absolute Gasteiger partial charge is 0.480 e. The zero-order chi connectivity index (χ0) is 11.6. The van der Waals surface area contributed by atoms with Crippen LogP contribution in [0.4, 0.5) is 0 Å². The Bertz CT molecular complexity index is 269. The number of esters is 1. The first-order chi connectivity index (χ1) is 6.79. The van der Waals surface area contributed by atoms with Crippen molar-refractivity contribution in [1.29, 1.82) is 0 Å². The van der Waals surface area contributed by atoms with Crippen molar-refractivity contribution in [3.63, 3.8) is 0 Å². The minimum atomic E-state index is -0.916. The second-order valence-corrected chi connectivity index (χ2v) is 4.77. The molecule has 0 bridgehead atoms. The van der Waals surface area contributed by atoms with Gasteiger partial charge < -0.3 is 15.2 Å². The summed E-state index contributed by atoms with van der Waals surface area (Å²) in [5.41, 5.74) is -0.515. The number of carboxylic acid groups (broad SMARTS) is 1. The maximum absolute atomic E-state index is 11.6. The molecule has 2 N–H and O–H groups in total. The summed E-state index contributed by atoms with van der Waals surface area (Å²) < 4.78 is 5.18. The zero-order valence-electron chi connectivity index (χ0n) is 9.24. The molecule has 0 unspecified atom stereocenters. The van der Waals surface area contributed by atoms with Gasteiger partial charge in [0, 0.05) is 6.54 Å². The smallest absolute Gasteiger partial charge is 0.320 e. The fourth-order valence-corrected chi connectivity index (χ4v) is 1.49. The lowest BCUT2D eigenvalue weighted by Crippen LogP contribution is -2.30. The van der Waals surface area contributed by atoms with E-state index in [9.17, 15) is 9.59 Å². The molecule has 0 radical (unpaired) electrons. The number of aliphatic carboxylic acids is 1. The fourth-order valence-electron chi connectivity index (χ4n) is 1.49. The van der Waals surface area contributed by atoms with Crippen molar-refractivity contribution in [2.24, 2.45) is 5.92 Å². The van der Waals surface area contributed by atoms with E-state index in [0.29, 0.717) is 13.0 Å². The van der Waals surface area contributed by atoms with Gasteiger partial charge in [0.2, 0.25) is 0 Å². The Kier molecular flexibility index (Phi) is 3.34. The van der Waals surface area contributed by atoms with E-state index in [1.165, 1.54) is 0 Å². The van der Waals surface area contributed by atoms with Crippen molar-refractivity contribution in [2.75, 3.05) is 6.54 Å². The molecule has 0 aromatic carbocycles. The molecule has 1 rings (SSSR count). The summed E-state index contributed by atoms with van der Waals surface area (Å²) in [6.45, 7) is 5.76. The summed E-state index contributed by atoms with van der Waals surface area (Å²) in [5.74, 6) is -1.58. The summed E-state index contributed by atoms with van der Waals surface area (Å²) in [5, 5.41) is 11.5. The van der Waals surface area contributed by atoms with Crippen molar-refractivity contribution in [3.8, 4) is 0 Å². The lowest BCUT2D eigenvalue weighted by Gasteiger charge is -2.21. The molecule has 1 saturated heterocycles. The molecule has 0 aliphatic carbocycles. The number of hydrogen-bond acceptors (Lipinski definition) is 4. The van der Waals surface area contributed by atoms with E-state index in [2.05, 4.69) is 5.32 Å². The maximum Gasteiger partial charge on any atom is 0.320 e. The molecule has 2 atom stereocenters. The molecule has 0 aromatic rings. The van der Waals surface area contributed by atoms with Gasteiger partial charge in [0.1, 0.15) is 11.6 Å². The van der Waals surface area contributed by atoms with Crippen LogP contribution in [0.5, 0.6) is 0 Å². The molecule has 5 nitrogen and oxygen atoms in total. The first-order valence-corrected chi connectivity index (χ1v) is 4.98. The molecule has 1 aliphatic heterocycles. The monoisotopic (exact) mass is 215 g/mol. The van der Waals surface area contributed by atoms with E-state index in [1.54, 1.807) is 20.8 Å². The number of hydrogen-bond donors (Lipinski definition) is 2. The number of ether oxygens (including phenoxy) is 1. The lowest BCUT2D eigenvalue weighted by atomic mass is 10.1. The van der Waals surface area contributed by atoms with Gasteiger partial charge in [0.05, 0.1) is 5.92 Å². The number of rotatable bonds is 2. The quantitative estimate of drug-likeness (QED) is 0.652. The molecule has 0 spiro atoms. The van der Waals surface area contributed by atoms with Crippen molar-refractivity contribution < 1.29 is 19.4 Å². The molecule has 15 heavy (non-hydrogen) atoms. The highest BCUT2D eigenvalue weighted by atomic mass is 16.6. The second kappa shape index (κ2) is 4.18. The van der Waals surface area contributed by atoms with Crippen LogP contribution >= 0.6 is 0 Å². The predicted octanol–water partition coefficient (Wildman–Crippen LogP) is 0.391. The summed E-state index contributed by atoms with van der Waals surface area (Å²) in [7, 11) is 0. The predicted molar refractivity (Wildman–Crippen MR) is 53.4 cm³/mol. The van der Waals surface area contributed by atoms with Crippen molar-refractivity contribution in [1.82, 2.24) is 5.32 Å². The zero-order valence-corrected chi connectivity index (χ0v) is 9.24. The van der Waals surface area contributed by atoms with E-state index in [1.807, 2.05) is 0 Å². The van der Waals surface area contributed by atoms with Gasteiger partial charge in [-0.2, -0.15) is 0 Å². The molecule has 1 aliphatic rings. The third kappa shape index (κ3) is 3.51. The summed E-state index contributed by atoms with van der Waals surface area (Å²) >= 11 is 0. The van der Waals surface area contributed by atoms with Gasteiger partial charge in [-0.05, 0) is 27.2 Å². The van der Waals surface area contributed by atoms with Gasteiger partial charge in [-0.25, -0.2) is 0 Å². The summed E-state index contributed by atoms with van der Waals surface area (Å²) in [4.78, 5) is 22.2. The topological polar surface area (TPSA) is 75.6 Å². The molecule has 0 aromatic heterocycles. The average Bonchev–Trinajstić information content (AvgIpc) is 2.47. The number of nitrogens with one attached hydrogen (secondary N) is 1. The van der Waals surface area contributed by atoms with Crippen LogP contribution in [-0.2, 0) is 14.3 Å². The highest BCUT2D eigenvalue weighted by molar-refractivity contribution is 5.78. The van der Waals surface area contributed by atoms with Crippen molar-refractivity contribution in [3.05, 3.63) is 0 Å². The normalized spacial score (nSPS) is 26.3. The van der Waals surface area contributed by atoms with Crippen LogP contribution in [-0.4, -0.2) is 35.2 Å². The van der Waals surface area contributed by atoms with Crippen LogP contribution in [0.2, 0.25) is 0 Å². The molecule has 5 heteroatoms. The van der Waals surface area contributed by atoms with E-state index in [0.717, 1.165) is 0 Å². The molecule has 1 fully saturated rings. The Morgan fingerprint density at radius 2 is 2.00 bits per heavy atom. The van der Waals surface area contributed by atoms with E-state index in [4.69, 9.17) is 9.84 Å². The minimum Gasteiger partial charge on any atom is -0.480 e. The lowest BCUT2D eigenvalue weighted by molar-refractivity contribution is -0.159. The average molecular weight is 215 g/mol. The SMILES string of the molecule is CC(C)(C)OC(=O)[C@H]1CN[C@H](C(=O)O)C1. The Labute approximate surface area is 88.8 Å². The third-order valence-electron chi connectivity index (χ3n) is 2.17. The Morgan fingerprint density at radius 1 is 1.40 bits per heavy atom. The molecular weight excluding hydrogens is 198 g/mol. The fraction of sp³-hybridized carbons (Fsp3) is 0.800. The Morgan fingerprint density at radius 3 is 2.40 bits per heavy atom. The van der Waals surface area contributed by atoms with E-state index in [-0.39, 0.29) is 11.9 Å². The van der Waals surface area contributed by atoms with Gasteiger partial charge in [-0.15, -0.1) is 0 Å². The van der Waals surface area contributed by atoms with Crippen molar-refractivity contribution >= 4 is 11.9 Å². The standard InChI is InChI=1S/C10H17NO4/c1-10(2,3)15-9(14)6-4-7(8(12)13)11-5-6/h6-7,11H,4-5H2,1-3H3,(H,12,13)/t6-,7+/m1/s1. The van der Waals surface area contributed by atoms with Crippen LogP contribution in [0, 0.1) is 5.92 Å². The number of carbonyl (C=O) groups excluding carboxylic acids is 1. The van der Waals surface area contributed by atoms with Crippen LogP contribution in [0.25, 0.3) is 0 Å². The number of carbonyl (C=O) groups is 2. The van der Waals surface area contributed by atoms with Gasteiger partial charge in [0.25, 0.3) is 0 Å². The van der Waals surface area contributed by atoms with Crippen LogP contribution < -0.4 is 5.32 Å². The van der Waals surface area contributed by atoms with E-state index < -0.39 is 17.6 Å². The van der Waals surface area contributed by atoms with Crippen molar-refractivity contribution in [2.45, 2.75) is 38.8 Å². The van der Waals surface area contributed by atoms with Crippen LogP contribution in [0.1, 0.15) is 27.2 Å². The minimum absolute atomic E-state index is 0.310. The van der Waals surface area contributed by atoms with Gasteiger partial charge in [-0.1, -0.05) is 0 Å².